The summed E-state index contributed by atoms with van der Waals surface area (Å²) in [6.45, 7) is 0. The topological polar surface area (TPSA) is 85.3 Å². The molecule has 12 heteroatoms. The van der Waals surface area contributed by atoms with E-state index in [1.807, 2.05) is 0 Å². The Morgan fingerprint density at radius 3 is 2.45 bits per heavy atom. The number of sulfonamides is 1. The van der Waals surface area contributed by atoms with Crippen LogP contribution in [0.3, 0.4) is 0 Å². The molecule has 4 rings (SSSR count). The molecule has 33 heavy (non-hydrogen) atoms. The lowest BCUT2D eigenvalue weighted by atomic mass is 10.2. The molecule has 0 aliphatic heterocycles. The Bertz CT molecular complexity index is 1430. The van der Waals surface area contributed by atoms with Crippen LogP contribution in [0.5, 0.6) is 5.75 Å². The van der Waals surface area contributed by atoms with Gasteiger partial charge in [0.05, 0.1) is 23.8 Å². The Morgan fingerprint density at radius 1 is 1.00 bits per heavy atom. The first-order valence-corrected chi connectivity index (χ1v) is 10.7. The third-order valence-corrected chi connectivity index (χ3v) is 6.44. The van der Waals surface area contributed by atoms with Crippen LogP contribution in [-0.4, -0.2) is 30.5 Å². The number of methoxy groups -OCH3 is 1. The number of hydrogen-bond acceptors (Lipinski definition) is 6. The lowest BCUT2D eigenvalue weighted by molar-refractivity contribution is -0.137. The van der Waals surface area contributed by atoms with Crippen LogP contribution in [0.1, 0.15) is 5.56 Å². The van der Waals surface area contributed by atoms with Crippen molar-refractivity contribution in [2.75, 3.05) is 11.4 Å². The van der Waals surface area contributed by atoms with E-state index in [1.165, 1.54) is 30.6 Å². The molecule has 0 aliphatic carbocycles. The maximum Gasteiger partial charge on any atom is 0.416 e. The molecular weight excluding hydrogens is 464 g/mol. The number of nitrogens with zero attached hydrogens (tertiary/aromatic N) is 4. The van der Waals surface area contributed by atoms with Gasteiger partial charge in [0.2, 0.25) is 0 Å². The van der Waals surface area contributed by atoms with E-state index in [9.17, 15) is 26.0 Å². The number of ether oxygens (including phenoxy) is 1. The minimum absolute atomic E-state index is 0.00750. The Morgan fingerprint density at radius 2 is 1.79 bits per heavy atom. The quantitative estimate of drug-likeness (QED) is 0.386. The van der Waals surface area contributed by atoms with Gasteiger partial charge in [0.15, 0.2) is 5.82 Å². The summed E-state index contributed by atoms with van der Waals surface area (Å²) in [5.74, 6) is -1.24. The predicted octanol–water partition coefficient (Wildman–Crippen LogP) is 4.72. The number of rotatable bonds is 5. The van der Waals surface area contributed by atoms with E-state index in [0.29, 0.717) is 15.8 Å². The molecule has 0 radical (unpaired) electrons. The first-order chi connectivity index (χ1) is 15.6. The maximum absolute atomic E-state index is 14.3. The average molecular weight is 478 g/mol. The van der Waals surface area contributed by atoms with Crippen molar-refractivity contribution in [2.24, 2.45) is 0 Å². The van der Waals surface area contributed by atoms with Crippen molar-refractivity contribution in [3.05, 3.63) is 78.8 Å². The molecule has 0 bridgehead atoms. The Labute approximate surface area is 185 Å². The summed E-state index contributed by atoms with van der Waals surface area (Å²) in [4.78, 5) is 11.1. The standard InChI is InChI=1S/C21H14F4N4O3S/c1-32-19-8-14(21(23,24)25)3-5-18(19)29(20-6-7-26-12-28-20)33(30,31)15-4-2-13-10-27-11-17(22)16(13)9-15/h2-12H,1H3. The number of alkyl halides is 3. The Kier molecular flexibility index (Phi) is 5.62. The van der Waals surface area contributed by atoms with Gasteiger partial charge >= 0.3 is 6.18 Å². The summed E-state index contributed by atoms with van der Waals surface area (Å²) in [7, 11) is -3.39. The summed E-state index contributed by atoms with van der Waals surface area (Å²) >= 11 is 0. The largest absolute Gasteiger partial charge is 0.495 e. The molecule has 4 aromatic rings. The van der Waals surface area contributed by atoms with Gasteiger partial charge in [0.25, 0.3) is 10.0 Å². The zero-order chi connectivity index (χ0) is 23.8. The summed E-state index contributed by atoms with van der Waals surface area (Å²) in [5, 5.41) is 0.378. The highest BCUT2D eigenvalue weighted by atomic mass is 32.2. The molecule has 0 aliphatic rings. The van der Waals surface area contributed by atoms with Crippen LogP contribution in [0.25, 0.3) is 10.8 Å². The van der Waals surface area contributed by atoms with E-state index < -0.39 is 27.6 Å². The number of benzene rings is 2. The number of anilines is 2. The van der Waals surface area contributed by atoms with Crippen LogP contribution < -0.4 is 9.04 Å². The molecule has 0 spiro atoms. The Balaban J connectivity index is 1.95. The van der Waals surface area contributed by atoms with Gasteiger partial charge in [0, 0.05) is 29.2 Å². The minimum atomic E-state index is -4.67. The van der Waals surface area contributed by atoms with Gasteiger partial charge in [0.1, 0.15) is 23.6 Å². The zero-order valence-corrected chi connectivity index (χ0v) is 17.6. The van der Waals surface area contributed by atoms with Crippen LogP contribution in [-0.2, 0) is 16.2 Å². The molecule has 7 nitrogen and oxygen atoms in total. The van der Waals surface area contributed by atoms with Crippen LogP contribution in [0, 0.1) is 5.82 Å². The van der Waals surface area contributed by atoms with Crippen molar-refractivity contribution in [2.45, 2.75) is 11.1 Å². The van der Waals surface area contributed by atoms with E-state index in [0.717, 1.165) is 37.8 Å². The number of hydrogen-bond donors (Lipinski definition) is 0. The molecule has 0 saturated heterocycles. The van der Waals surface area contributed by atoms with Crippen LogP contribution in [0.15, 0.2) is 72.3 Å². The third-order valence-electron chi connectivity index (χ3n) is 4.72. The highest BCUT2D eigenvalue weighted by Gasteiger charge is 2.35. The summed E-state index contributed by atoms with van der Waals surface area (Å²) in [5.41, 5.74) is -1.25. The van der Waals surface area contributed by atoms with Crippen molar-refractivity contribution in [1.82, 2.24) is 15.0 Å². The number of pyridine rings is 1. The fourth-order valence-electron chi connectivity index (χ4n) is 3.17. The summed E-state index contributed by atoms with van der Waals surface area (Å²) < 4.78 is 87.0. The van der Waals surface area contributed by atoms with Gasteiger partial charge in [-0.2, -0.15) is 13.2 Å². The molecular formula is C21H14F4N4O3S. The van der Waals surface area contributed by atoms with Gasteiger partial charge in [-0.15, -0.1) is 0 Å². The highest BCUT2D eigenvalue weighted by Crippen LogP contribution is 2.41. The summed E-state index contributed by atoms with van der Waals surface area (Å²) in [6.07, 6.45) is -0.00265. The van der Waals surface area contributed by atoms with E-state index >= 15 is 0 Å². The molecule has 2 aromatic carbocycles. The molecule has 0 amide bonds. The molecule has 2 aromatic heterocycles. The molecule has 0 atom stereocenters. The van der Waals surface area contributed by atoms with Gasteiger partial charge < -0.3 is 4.74 Å². The number of fused-ring (bicyclic) bond motifs is 1. The first kappa shape index (κ1) is 22.4. The Hall–Kier alpha value is -3.80. The predicted molar refractivity (Wildman–Crippen MR) is 111 cm³/mol. The maximum atomic E-state index is 14.3. The second-order valence-electron chi connectivity index (χ2n) is 6.73. The van der Waals surface area contributed by atoms with Crippen molar-refractivity contribution >= 4 is 32.3 Å². The average Bonchev–Trinajstić information content (AvgIpc) is 2.79. The lowest BCUT2D eigenvalue weighted by Crippen LogP contribution is -2.27. The molecule has 0 fully saturated rings. The first-order valence-electron chi connectivity index (χ1n) is 9.23. The van der Waals surface area contributed by atoms with Crippen molar-refractivity contribution in [1.29, 1.82) is 0 Å². The van der Waals surface area contributed by atoms with Crippen molar-refractivity contribution < 1.29 is 30.7 Å². The van der Waals surface area contributed by atoms with Gasteiger partial charge in [-0.05, 0) is 30.3 Å². The van der Waals surface area contributed by atoms with Crippen LogP contribution >= 0.6 is 0 Å². The second-order valence-corrected chi connectivity index (χ2v) is 8.51. The number of halogens is 4. The molecule has 0 unspecified atom stereocenters. The molecule has 0 saturated carbocycles. The van der Waals surface area contributed by atoms with Crippen molar-refractivity contribution in [3.63, 3.8) is 0 Å². The van der Waals surface area contributed by atoms with Crippen LogP contribution in [0.2, 0.25) is 0 Å². The van der Waals surface area contributed by atoms with E-state index in [2.05, 4.69) is 15.0 Å². The minimum Gasteiger partial charge on any atom is -0.495 e. The van der Waals surface area contributed by atoms with Gasteiger partial charge in [-0.25, -0.2) is 27.1 Å². The van der Waals surface area contributed by atoms with Crippen LogP contribution in [0.4, 0.5) is 29.1 Å². The number of aromatic nitrogens is 3. The highest BCUT2D eigenvalue weighted by molar-refractivity contribution is 7.93. The van der Waals surface area contributed by atoms with E-state index in [1.54, 1.807) is 0 Å². The molecule has 0 N–H and O–H groups in total. The second kappa shape index (κ2) is 8.28. The molecule has 170 valence electrons. The molecule has 2 heterocycles. The van der Waals surface area contributed by atoms with Gasteiger partial charge in [-0.1, -0.05) is 6.07 Å². The van der Waals surface area contributed by atoms with Crippen molar-refractivity contribution in [3.8, 4) is 5.75 Å². The van der Waals surface area contributed by atoms with Gasteiger partial charge in [-0.3, -0.25) is 4.98 Å². The monoisotopic (exact) mass is 478 g/mol. The zero-order valence-electron chi connectivity index (χ0n) is 16.8. The fraction of sp³-hybridized carbons (Fsp3) is 0.0952. The lowest BCUT2D eigenvalue weighted by Gasteiger charge is -2.25. The third kappa shape index (κ3) is 4.16. The smallest absolute Gasteiger partial charge is 0.416 e. The SMILES string of the molecule is COc1cc(C(F)(F)F)ccc1N(c1ccncn1)S(=O)(=O)c1ccc2cncc(F)c2c1. The fourth-order valence-corrected chi connectivity index (χ4v) is 4.66. The van der Waals surface area contributed by atoms with E-state index in [4.69, 9.17) is 4.74 Å². The summed E-state index contributed by atoms with van der Waals surface area (Å²) in [6, 6.07) is 7.38. The normalized spacial score (nSPS) is 12.0. The van der Waals surface area contributed by atoms with E-state index in [-0.39, 0.29) is 27.5 Å².